The molecule has 0 aromatic rings. The van der Waals surface area contributed by atoms with E-state index in [1.807, 2.05) is 0 Å². The Morgan fingerprint density at radius 1 is 0.303 bits per heavy atom. The topological polar surface area (TPSA) is 78.9 Å². The Hall–Kier alpha value is -2.37. The Morgan fingerprint density at radius 2 is 0.545 bits per heavy atom. The molecule has 1 unspecified atom stereocenters. The van der Waals surface area contributed by atoms with E-state index in [2.05, 4.69) is 57.2 Å². The Balaban J connectivity index is 4.29. The smallest absolute Gasteiger partial charge is 0.306 e. The zero-order chi connectivity index (χ0) is 47.9. The van der Waals surface area contributed by atoms with Crippen LogP contribution in [0.2, 0.25) is 0 Å². The fourth-order valence-corrected chi connectivity index (χ4v) is 8.51. The molecule has 0 rings (SSSR count). The summed E-state index contributed by atoms with van der Waals surface area (Å²) in [6.07, 6.45) is 65.6. The van der Waals surface area contributed by atoms with Gasteiger partial charge in [0.05, 0.1) is 0 Å². The molecule has 0 saturated carbocycles. The van der Waals surface area contributed by atoms with Gasteiger partial charge in [0.1, 0.15) is 13.2 Å². The molecule has 0 saturated heterocycles. The fraction of sp³-hybridized carbons (Fsp3) is 0.850. The van der Waals surface area contributed by atoms with Crippen molar-refractivity contribution < 1.29 is 28.6 Å². The molecule has 0 amide bonds. The maximum atomic E-state index is 12.8. The van der Waals surface area contributed by atoms with Crippen LogP contribution < -0.4 is 0 Å². The third kappa shape index (κ3) is 52.6. The number of esters is 3. The van der Waals surface area contributed by atoms with Gasteiger partial charge < -0.3 is 14.2 Å². The zero-order valence-electron chi connectivity index (χ0n) is 44.2. The highest BCUT2D eigenvalue weighted by Gasteiger charge is 2.19. The van der Waals surface area contributed by atoms with Gasteiger partial charge in [-0.1, -0.05) is 269 Å². The Morgan fingerprint density at radius 3 is 0.879 bits per heavy atom. The molecule has 66 heavy (non-hydrogen) atoms. The van der Waals surface area contributed by atoms with E-state index in [0.29, 0.717) is 19.3 Å². The van der Waals surface area contributed by atoms with Crippen molar-refractivity contribution in [3.05, 3.63) is 36.5 Å². The SMILES string of the molecule is CCCCC/C=C\C/C=C\C/C=C\CCCCCCCCC(=O)OCC(COC(=O)CCCCCCCCCCCC)OC(=O)CCCCCCCCCCCCCCCCCCCCC. The van der Waals surface area contributed by atoms with E-state index < -0.39 is 6.10 Å². The Kier molecular flexibility index (Phi) is 53.2. The normalized spacial score (nSPS) is 12.2. The highest BCUT2D eigenvalue weighted by molar-refractivity contribution is 5.71. The second kappa shape index (κ2) is 55.2. The number of hydrogen-bond acceptors (Lipinski definition) is 6. The van der Waals surface area contributed by atoms with Crippen LogP contribution in [0.25, 0.3) is 0 Å². The molecule has 6 nitrogen and oxygen atoms in total. The first kappa shape index (κ1) is 63.6. The predicted molar refractivity (Wildman–Crippen MR) is 284 cm³/mol. The lowest BCUT2D eigenvalue weighted by Crippen LogP contribution is -2.30. The van der Waals surface area contributed by atoms with Crippen molar-refractivity contribution in [2.75, 3.05) is 13.2 Å². The van der Waals surface area contributed by atoms with Crippen molar-refractivity contribution in [3.8, 4) is 0 Å². The van der Waals surface area contributed by atoms with Crippen LogP contribution in [0.4, 0.5) is 0 Å². The van der Waals surface area contributed by atoms with E-state index in [1.54, 1.807) is 0 Å². The van der Waals surface area contributed by atoms with Crippen LogP contribution in [-0.2, 0) is 28.6 Å². The number of hydrogen-bond donors (Lipinski definition) is 0. The number of allylic oxidation sites excluding steroid dienone is 6. The molecule has 0 spiro atoms. The minimum atomic E-state index is -0.772. The van der Waals surface area contributed by atoms with Crippen LogP contribution in [0.3, 0.4) is 0 Å². The Labute approximate surface area is 410 Å². The summed E-state index contributed by atoms with van der Waals surface area (Å²) in [5.41, 5.74) is 0. The third-order valence-corrected chi connectivity index (χ3v) is 12.9. The van der Waals surface area contributed by atoms with Crippen LogP contribution in [-0.4, -0.2) is 37.2 Å². The lowest BCUT2D eigenvalue weighted by atomic mass is 10.0. The Bertz CT molecular complexity index is 1110. The number of rotatable bonds is 53. The average molecular weight is 928 g/mol. The van der Waals surface area contributed by atoms with Gasteiger partial charge in [0, 0.05) is 19.3 Å². The summed E-state index contributed by atoms with van der Waals surface area (Å²) in [4.78, 5) is 38.1. The van der Waals surface area contributed by atoms with Gasteiger partial charge in [-0.05, 0) is 57.8 Å². The quantitative estimate of drug-likeness (QED) is 0.0262. The summed E-state index contributed by atoms with van der Waals surface area (Å²) in [6.45, 7) is 6.63. The molecular weight excluding hydrogens is 817 g/mol. The molecule has 6 heteroatoms. The maximum Gasteiger partial charge on any atom is 0.306 e. The lowest BCUT2D eigenvalue weighted by Gasteiger charge is -2.18. The summed E-state index contributed by atoms with van der Waals surface area (Å²) in [5, 5.41) is 0. The summed E-state index contributed by atoms with van der Waals surface area (Å²) < 4.78 is 16.8. The number of carbonyl (C=O) groups excluding carboxylic acids is 3. The van der Waals surface area contributed by atoms with E-state index in [-0.39, 0.29) is 31.1 Å². The molecule has 0 bridgehead atoms. The first-order valence-corrected chi connectivity index (χ1v) is 29.0. The van der Waals surface area contributed by atoms with Gasteiger partial charge in [-0.15, -0.1) is 0 Å². The lowest BCUT2D eigenvalue weighted by molar-refractivity contribution is -0.167. The van der Waals surface area contributed by atoms with Gasteiger partial charge in [-0.2, -0.15) is 0 Å². The highest BCUT2D eigenvalue weighted by Crippen LogP contribution is 2.17. The largest absolute Gasteiger partial charge is 0.462 e. The van der Waals surface area contributed by atoms with Crippen molar-refractivity contribution in [2.45, 2.75) is 316 Å². The van der Waals surface area contributed by atoms with E-state index in [1.165, 1.54) is 193 Å². The highest BCUT2D eigenvalue weighted by atomic mass is 16.6. The number of unbranched alkanes of at least 4 members (excludes halogenated alkanes) is 36. The maximum absolute atomic E-state index is 12.8. The van der Waals surface area contributed by atoms with Crippen molar-refractivity contribution in [1.29, 1.82) is 0 Å². The molecular formula is C60H110O6. The molecule has 0 aromatic heterocycles. The van der Waals surface area contributed by atoms with Crippen LogP contribution in [0.15, 0.2) is 36.5 Å². The molecule has 0 heterocycles. The van der Waals surface area contributed by atoms with Crippen LogP contribution in [0.5, 0.6) is 0 Å². The van der Waals surface area contributed by atoms with Gasteiger partial charge in [0.2, 0.25) is 0 Å². The van der Waals surface area contributed by atoms with Crippen molar-refractivity contribution in [2.24, 2.45) is 0 Å². The van der Waals surface area contributed by atoms with Crippen molar-refractivity contribution >= 4 is 17.9 Å². The second-order valence-corrected chi connectivity index (χ2v) is 19.6. The van der Waals surface area contributed by atoms with E-state index in [9.17, 15) is 14.4 Å². The molecule has 0 aliphatic carbocycles. The van der Waals surface area contributed by atoms with E-state index >= 15 is 0 Å². The van der Waals surface area contributed by atoms with Gasteiger partial charge in [0.25, 0.3) is 0 Å². The van der Waals surface area contributed by atoms with Crippen LogP contribution in [0.1, 0.15) is 310 Å². The summed E-state index contributed by atoms with van der Waals surface area (Å²) >= 11 is 0. The molecule has 0 aliphatic rings. The second-order valence-electron chi connectivity index (χ2n) is 19.6. The molecule has 0 fully saturated rings. The van der Waals surface area contributed by atoms with Crippen LogP contribution in [0, 0.1) is 0 Å². The minimum absolute atomic E-state index is 0.0719. The first-order valence-electron chi connectivity index (χ1n) is 29.0. The molecule has 1 atom stereocenters. The van der Waals surface area contributed by atoms with Gasteiger partial charge in [-0.3, -0.25) is 14.4 Å². The fourth-order valence-electron chi connectivity index (χ4n) is 8.51. The molecule has 0 aromatic carbocycles. The van der Waals surface area contributed by atoms with Crippen molar-refractivity contribution in [1.82, 2.24) is 0 Å². The zero-order valence-corrected chi connectivity index (χ0v) is 44.2. The number of ether oxygens (including phenoxy) is 3. The molecule has 0 N–H and O–H groups in total. The average Bonchev–Trinajstić information content (AvgIpc) is 3.31. The standard InChI is InChI=1S/C60H110O6/c1-4-7-10-13-16-19-22-24-26-28-30-32-34-36-38-41-44-47-50-53-59(62)65-56-57(55-64-58(61)52-49-46-43-40-21-18-15-12-9-6-3)66-60(63)54-51-48-45-42-39-37-35-33-31-29-27-25-23-20-17-14-11-8-5-2/h16,19,24,26,30,32,57H,4-15,17-18,20-23,25,27-29,31,33-56H2,1-3H3/b19-16-,26-24-,32-30-. The van der Waals surface area contributed by atoms with Gasteiger partial charge in [0.15, 0.2) is 6.10 Å². The first-order chi connectivity index (χ1) is 32.5. The third-order valence-electron chi connectivity index (χ3n) is 12.9. The monoisotopic (exact) mass is 927 g/mol. The van der Waals surface area contributed by atoms with Crippen molar-refractivity contribution in [3.63, 3.8) is 0 Å². The molecule has 386 valence electrons. The van der Waals surface area contributed by atoms with Crippen LogP contribution >= 0.6 is 0 Å². The van der Waals surface area contributed by atoms with E-state index in [4.69, 9.17) is 14.2 Å². The molecule has 0 radical (unpaired) electrons. The minimum Gasteiger partial charge on any atom is -0.462 e. The summed E-state index contributed by atoms with van der Waals surface area (Å²) in [7, 11) is 0. The molecule has 0 aliphatic heterocycles. The predicted octanol–water partition coefficient (Wildman–Crippen LogP) is 19.3. The summed E-state index contributed by atoms with van der Waals surface area (Å²) in [5.74, 6) is -0.868. The summed E-state index contributed by atoms with van der Waals surface area (Å²) in [6, 6.07) is 0. The van der Waals surface area contributed by atoms with Gasteiger partial charge in [-0.25, -0.2) is 0 Å². The van der Waals surface area contributed by atoms with Gasteiger partial charge >= 0.3 is 17.9 Å². The van der Waals surface area contributed by atoms with E-state index in [0.717, 1.165) is 77.0 Å². The number of carbonyl (C=O) groups is 3.